The summed E-state index contributed by atoms with van der Waals surface area (Å²) in [4.78, 5) is 17.5. The summed E-state index contributed by atoms with van der Waals surface area (Å²) in [6.45, 7) is 1.84. The third kappa shape index (κ3) is 2.18. The molecule has 82 valence electrons. The van der Waals surface area contributed by atoms with Crippen molar-refractivity contribution in [1.29, 1.82) is 0 Å². The number of carbonyl (C=O) groups excluding carboxylic acids is 1. The van der Waals surface area contributed by atoms with Crippen LogP contribution >= 0.6 is 0 Å². The molecule has 0 aromatic carbocycles. The fraction of sp³-hybridized carbons (Fsp3) is 0.600. The topological polar surface area (TPSA) is 58.4 Å². The lowest BCUT2D eigenvalue weighted by atomic mass is 9.97. The first-order valence-corrected chi connectivity index (χ1v) is 5.15. The summed E-state index contributed by atoms with van der Waals surface area (Å²) in [7, 11) is 1.74. The van der Waals surface area contributed by atoms with E-state index in [1.54, 1.807) is 11.9 Å². The number of amides is 1. The Balaban J connectivity index is 2.00. The molecule has 1 aromatic rings. The van der Waals surface area contributed by atoms with Crippen molar-refractivity contribution in [3.05, 3.63) is 12.7 Å². The van der Waals surface area contributed by atoms with Crippen molar-refractivity contribution in [2.24, 2.45) is 5.92 Å². The van der Waals surface area contributed by atoms with Crippen molar-refractivity contribution in [3.8, 4) is 0 Å². The Labute approximate surface area is 88.5 Å². The number of nitrogens with zero attached hydrogens (tertiary/aromatic N) is 2. The number of carbonyl (C=O) groups is 1. The van der Waals surface area contributed by atoms with Gasteiger partial charge in [-0.3, -0.25) is 9.69 Å². The first-order chi connectivity index (χ1) is 7.29. The molecule has 2 rings (SSSR count). The highest BCUT2D eigenvalue weighted by molar-refractivity contribution is 5.93. The molecule has 1 amide bonds. The molecule has 1 fully saturated rings. The van der Waals surface area contributed by atoms with Crippen LogP contribution in [0.1, 0.15) is 12.8 Å². The van der Waals surface area contributed by atoms with Gasteiger partial charge in [-0.25, -0.2) is 0 Å². The summed E-state index contributed by atoms with van der Waals surface area (Å²) in [5.74, 6) is 0.830. The van der Waals surface area contributed by atoms with Gasteiger partial charge >= 0.3 is 0 Å². The van der Waals surface area contributed by atoms with Crippen molar-refractivity contribution in [2.45, 2.75) is 12.8 Å². The SMILES string of the molecule is CN(C(=O)C1CCNCC1)c1cocn1. The zero-order valence-corrected chi connectivity index (χ0v) is 8.77. The molecule has 0 spiro atoms. The predicted octanol–water partition coefficient (Wildman–Crippen LogP) is 0.637. The van der Waals surface area contributed by atoms with Gasteiger partial charge in [-0.1, -0.05) is 0 Å². The number of hydrogen-bond donors (Lipinski definition) is 1. The lowest BCUT2D eigenvalue weighted by Crippen LogP contribution is -2.39. The van der Waals surface area contributed by atoms with Crippen LogP contribution in [0, 0.1) is 5.92 Å². The van der Waals surface area contributed by atoms with Crippen molar-refractivity contribution in [2.75, 3.05) is 25.0 Å². The molecule has 1 aliphatic heterocycles. The van der Waals surface area contributed by atoms with Gasteiger partial charge in [0.1, 0.15) is 6.26 Å². The van der Waals surface area contributed by atoms with Crippen LogP contribution in [0.3, 0.4) is 0 Å². The molecule has 1 saturated heterocycles. The van der Waals surface area contributed by atoms with Crippen LogP contribution in [-0.2, 0) is 4.79 Å². The quantitative estimate of drug-likeness (QED) is 0.776. The fourth-order valence-corrected chi connectivity index (χ4v) is 1.83. The van der Waals surface area contributed by atoms with Gasteiger partial charge in [0, 0.05) is 13.0 Å². The van der Waals surface area contributed by atoms with Crippen molar-refractivity contribution in [1.82, 2.24) is 10.3 Å². The maximum absolute atomic E-state index is 12.0. The van der Waals surface area contributed by atoms with Gasteiger partial charge in [-0.15, -0.1) is 0 Å². The summed E-state index contributed by atoms with van der Waals surface area (Å²) in [5.41, 5.74) is 0. The van der Waals surface area contributed by atoms with E-state index in [1.165, 1.54) is 12.7 Å². The largest absolute Gasteiger partial charge is 0.449 e. The molecule has 0 aliphatic carbocycles. The van der Waals surface area contributed by atoms with Crippen LogP contribution < -0.4 is 10.2 Å². The van der Waals surface area contributed by atoms with E-state index in [9.17, 15) is 4.79 Å². The average molecular weight is 209 g/mol. The summed E-state index contributed by atoms with van der Waals surface area (Å²) in [5, 5.41) is 3.24. The molecular formula is C10H15N3O2. The van der Waals surface area contributed by atoms with Crippen LogP contribution in [0.5, 0.6) is 0 Å². The summed E-state index contributed by atoms with van der Waals surface area (Å²) < 4.78 is 4.86. The zero-order valence-electron chi connectivity index (χ0n) is 8.77. The second kappa shape index (κ2) is 4.44. The van der Waals surface area contributed by atoms with Crippen LogP contribution in [0.2, 0.25) is 0 Å². The van der Waals surface area contributed by atoms with Gasteiger partial charge in [0.15, 0.2) is 12.2 Å². The lowest BCUT2D eigenvalue weighted by Gasteiger charge is -2.25. The molecule has 0 saturated carbocycles. The van der Waals surface area contributed by atoms with Crippen LogP contribution in [0.25, 0.3) is 0 Å². The number of nitrogens with one attached hydrogen (secondary N) is 1. The Morgan fingerprint density at radius 1 is 1.60 bits per heavy atom. The Kier molecular flexibility index (Phi) is 3.01. The lowest BCUT2D eigenvalue weighted by molar-refractivity contribution is -0.122. The van der Waals surface area contributed by atoms with Gasteiger partial charge in [0.2, 0.25) is 5.91 Å². The van der Waals surface area contributed by atoms with Gasteiger partial charge in [-0.05, 0) is 25.9 Å². The standard InChI is InChI=1S/C10H15N3O2/c1-13(9-6-15-7-12-9)10(14)8-2-4-11-5-3-8/h6-8,11H,2-5H2,1H3. The number of rotatable bonds is 2. The summed E-state index contributed by atoms with van der Waals surface area (Å²) in [6.07, 6.45) is 4.63. The smallest absolute Gasteiger partial charge is 0.231 e. The minimum atomic E-state index is 0.118. The maximum atomic E-state index is 12.0. The number of oxazole rings is 1. The second-order valence-electron chi connectivity index (χ2n) is 3.77. The minimum absolute atomic E-state index is 0.118. The number of aromatic nitrogens is 1. The normalized spacial score (nSPS) is 17.7. The van der Waals surface area contributed by atoms with E-state index in [-0.39, 0.29) is 11.8 Å². The number of hydrogen-bond acceptors (Lipinski definition) is 4. The Morgan fingerprint density at radius 3 is 2.93 bits per heavy atom. The summed E-state index contributed by atoms with van der Waals surface area (Å²) >= 11 is 0. The molecule has 2 heterocycles. The van der Waals surface area contributed by atoms with E-state index in [2.05, 4.69) is 10.3 Å². The molecule has 0 bridgehead atoms. The zero-order chi connectivity index (χ0) is 10.7. The predicted molar refractivity (Wildman–Crippen MR) is 55.5 cm³/mol. The third-order valence-corrected chi connectivity index (χ3v) is 2.78. The first-order valence-electron chi connectivity index (χ1n) is 5.15. The highest BCUT2D eigenvalue weighted by Crippen LogP contribution is 2.18. The van der Waals surface area contributed by atoms with Crippen LogP contribution in [-0.4, -0.2) is 31.0 Å². The average Bonchev–Trinajstić information content (AvgIpc) is 2.82. The van der Waals surface area contributed by atoms with Crippen molar-refractivity contribution < 1.29 is 9.21 Å². The Morgan fingerprint density at radius 2 is 2.33 bits per heavy atom. The first kappa shape index (κ1) is 10.2. The van der Waals surface area contributed by atoms with E-state index in [0.717, 1.165) is 25.9 Å². The van der Waals surface area contributed by atoms with Gasteiger partial charge in [0.05, 0.1) is 0 Å². The van der Waals surface area contributed by atoms with E-state index < -0.39 is 0 Å². The number of anilines is 1. The molecule has 5 nitrogen and oxygen atoms in total. The van der Waals surface area contributed by atoms with E-state index >= 15 is 0 Å². The van der Waals surface area contributed by atoms with E-state index in [1.807, 2.05) is 0 Å². The van der Waals surface area contributed by atoms with Crippen LogP contribution in [0.15, 0.2) is 17.1 Å². The van der Waals surface area contributed by atoms with Gasteiger partial charge < -0.3 is 9.73 Å². The molecule has 1 aliphatic rings. The fourth-order valence-electron chi connectivity index (χ4n) is 1.83. The third-order valence-electron chi connectivity index (χ3n) is 2.78. The Hall–Kier alpha value is -1.36. The van der Waals surface area contributed by atoms with E-state index in [0.29, 0.717) is 5.82 Å². The molecule has 1 aromatic heterocycles. The highest BCUT2D eigenvalue weighted by Gasteiger charge is 2.25. The highest BCUT2D eigenvalue weighted by atomic mass is 16.3. The van der Waals surface area contributed by atoms with Crippen LogP contribution in [0.4, 0.5) is 5.82 Å². The molecule has 0 atom stereocenters. The molecular weight excluding hydrogens is 194 g/mol. The van der Waals surface area contributed by atoms with Crippen molar-refractivity contribution in [3.63, 3.8) is 0 Å². The molecule has 0 radical (unpaired) electrons. The second-order valence-corrected chi connectivity index (χ2v) is 3.77. The minimum Gasteiger partial charge on any atom is -0.449 e. The monoisotopic (exact) mass is 209 g/mol. The molecule has 15 heavy (non-hydrogen) atoms. The number of piperidine rings is 1. The maximum Gasteiger partial charge on any atom is 0.231 e. The molecule has 0 unspecified atom stereocenters. The van der Waals surface area contributed by atoms with Gasteiger partial charge in [-0.2, -0.15) is 4.98 Å². The molecule has 1 N–H and O–H groups in total. The van der Waals surface area contributed by atoms with Gasteiger partial charge in [0.25, 0.3) is 0 Å². The van der Waals surface area contributed by atoms with E-state index in [4.69, 9.17) is 4.42 Å². The van der Waals surface area contributed by atoms with Crippen molar-refractivity contribution >= 4 is 11.7 Å². The Bertz CT molecular complexity index is 317. The summed E-state index contributed by atoms with van der Waals surface area (Å²) in [6, 6.07) is 0. The molecule has 5 heteroatoms.